The van der Waals surface area contributed by atoms with Gasteiger partial charge in [-0.05, 0) is 12.0 Å². The fourth-order valence-electron chi connectivity index (χ4n) is 2.02. The van der Waals surface area contributed by atoms with Crippen LogP contribution in [-0.4, -0.2) is 29.7 Å². The summed E-state index contributed by atoms with van der Waals surface area (Å²) in [6, 6.07) is 11.0. The van der Waals surface area contributed by atoms with Crippen molar-refractivity contribution in [3.8, 4) is 0 Å². The quantitative estimate of drug-likeness (QED) is 0.672. The van der Waals surface area contributed by atoms with E-state index in [1.165, 1.54) is 5.56 Å². The Morgan fingerprint density at radius 1 is 1.06 bits per heavy atom. The highest BCUT2D eigenvalue weighted by Crippen LogP contribution is 2.23. The van der Waals surface area contributed by atoms with Gasteiger partial charge in [0.1, 0.15) is 0 Å². The van der Waals surface area contributed by atoms with Crippen molar-refractivity contribution in [2.24, 2.45) is 0 Å². The molecule has 0 radical (unpaired) electrons. The Morgan fingerprint density at radius 2 is 1.62 bits per heavy atom. The van der Waals surface area contributed by atoms with E-state index >= 15 is 0 Å². The molecule has 1 rings (SSSR count). The first-order chi connectivity index (χ1) is 7.83. The summed E-state index contributed by atoms with van der Waals surface area (Å²) in [4.78, 5) is 2.36. The van der Waals surface area contributed by atoms with Gasteiger partial charge in [0.25, 0.3) is 0 Å². The molecule has 0 heterocycles. The van der Waals surface area contributed by atoms with Gasteiger partial charge in [-0.2, -0.15) is 0 Å². The average molecular weight is 260 g/mol. The van der Waals surface area contributed by atoms with Crippen LogP contribution in [0.3, 0.4) is 0 Å². The van der Waals surface area contributed by atoms with Gasteiger partial charge in [-0.15, -0.1) is 23.2 Å². The zero-order valence-electron chi connectivity index (χ0n) is 9.70. The Kier molecular flexibility index (Phi) is 6.86. The molecule has 90 valence electrons. The lowest BCUT2D eigenvalue weighted by molar-refractivity contribution is 0.216. The number of hydrogen-bond acceptors (Lipinski definition) is 1. The largest absolute Gasteiger partial charge is 0.294 e. The zero-order chi connectivity index (χ0) is 11.8. The Bertz CT molecular complexity index is 271. The van der Waals surface area contributed by atoms with Crippen LogP contribution in [0.5, 0.6) is 0 Å². The highest BCUT2D eigenvalue weighted by atomic mass is 35.5. The maximum Gasteiger partial charge on any atom is 0.0351 e. The maximum absolute atomic E-state index is 5.84. The van der Waals surface area contributed by atoms with Gasteiger partial charge >= 0.3 is 0 Å². The normalized spacial score (nSPS) is 13.0. The standard InChI is InChI=1S/C13H19Cl2N/c1-2-13(12-6-4-3-5-7-12)16(10-8-14)11-9-15/h3-7,13H,2,8-11H2,1H3. The summed E-state index contributed by atoms with van der Waals surface area (Å²) >= 11 is 11.7. The number of halogens is 2. The van der Waals surface area contributed by atoms with Crippen LogP contribution in [-0.2, 0) is 0 Å². The number of benzene rings is 1. The Morgan fingerprint density at radius 3 is 2.06 bits per heavy atom. The molecule has 1 atom stereocenters. The van der Waals surface area contributed by atoms with E-state index in [2.05, 4.69) is 36.1 Å². The van der Waals surface area contributed by atoms with Crippen molar-refractivity contribution >= 4 is 23.2 Å². The second kappa shape index (κ2) is 7.94. The molecule has 16 heavy (non-hydrogen) atoms. The minimum absolute atomic E-state index is 0.429. The molecule has 3 heteroatoms. The number of hydrogen-bond donors (Lipinski definition) is 0. The van der Waals surface area contributed by atoms with Crippen molar-refractivity contribution in [1.29, 1.82) is 0 Å². The summed E-state index contributed by atoms with van der Waals surface area (Å²) in [5.74, 6) is 1.31. The van der Waals surface area contributed by atoms with Gasteiger partial charge in [0.05, 0.1) is 0 Å². The van der Waals surface area contributed by atoms with Crippen molar-refractivity contribution in [1.82, 2.24) is 4.90 Å². The molecule has 1 aromatic rings. The lowest BCUT2D eigenvalue weighted by Gasteiger charge is -2.30. The van der Waals surface area contributed by atoms with Gasteiger partial charge in [0, 0.05) is 30.9 Å². The second-order valence-electron chi connectivity index (χ2n) is 3.75. The molecule has 0 spiro atoms. The van der Waals surface area contributed by atoms with E-state index in [0.29, 0.717) is 17.8 Å². The molecular weight excluding hydrogens is 241 g/mol. The third-order valence-corrected chi connectivity index (χ3v) is 3.09. The van der Waals surface area contributed by atoms with Crippen molar-refractivity contribution in [2.45, 2.75) is 19.4 Å². The summed E-state index contributed by atoms with van der Waals surface area (Å²) in [6.45, 7) is 3.98. The molecule has 0 aliphatic heterocycles. The van der Waals surface area contributed by atoms with Gasteiger partial charge in [0.2, 0.25) is 0 Å². The third kappa shape index (κ3) is 3.97. The Hall–Kier alpha value is -0.240. The van der Waals surface area contributed by atoms with Crippen molar-refractivity contribution < 1.29 is 0 Å². The number of alkyl halides is 2. The fourth-order valence-corrected chi connectivity index (χ4v) is 2.45. The topological polar surface area (TPSA) is 3.24 Å². The molecule has 1 nitrogen and oxygen atoms in total. The minimum atomic E-state index is 0.429. The average Bonchev–Trinajstić information content (AvgIpc) is 2.32. The molecule has 0 aliphatic rings. The summed E-state index contributed by atoms with van der Waals surface area (Å²) in [5, 5.41) is 0. The second-order valence-corrected chi connectivity index (χ2v) is 4.50. The highest BCUT2D eigenvalue weighted by Gasteiger charge is 2.17. The van der Waals surface area contributed by atoms with Gasteiger partial charge in [-0.25, -0.2) is 0 Å². The first-order valence-electron chi connectivity index (χ1n) is 5.74. The van der Waals surface area contributed by atoms with Crippen LogP contribution in [0.4, 0.5) is 0 Å². The number of rotatable bonds is 7. The van der Waals surface area contributed by atoms with Crippen LogP contribution < -0.4 is 0 Å². The summed E-state index contributed by atoms with van der Waals surface area (Å²) < 4.78 is 0. The molecule has 0 aliphatic carbocycles. The Balaban J connectivity index is 2.77. The lowest BCUT2D eigenvalue weighted by atomic mass is 10.0. The maximum atomic E-state index is 5.84. The Labute approximate surface area is 108 Å². The van der Waals surface area contributed by atoms with E-state index in [-0.39, 0.29) is 0 Å². The monoisotopic (exact) mass is 259 g/mol. The van der Waals surface area contributed by atoms with E-state index in [0.717, 1.165) is 19.5 Å². The van der Waals surface area contributed by atoms with E-state index < -0.39 is 0 Å². The molecule has 1 unspecified atom stereocenters. The van der Waals surface area contributed by atoms with E-state index in [1.54, 1.807) is 0 Å². The summed E-state index contributed by atoms with van der Waals surface area (Å²) in [7, 11) is 0. The van der Waals surface area contributed by atoms with E-state index in [1.807, 2.05) is 6.07 Å². The predicted octanol–water partition coefficient (Wildman–Crippen LogP) is 3.92. The molecule has 0 saturated carbocycles. The summed E-state index contributed by atoms with van der Waals surface area (Å²) in [5.41, 5.74) is 1.35. The SMILES string of the molecule is CCC(c1ccccc1)N(CCCl)CCCl. The van der Waals surface area contributed by atoms with Crippen molar-refractivity contribution in [3.63, 3.8) is 0 Å². The number of nitrogens with zero attached hydrogens (tertiary/aromatic N) is 1. The van der Waals surface area contributed by atoms with Crippen molar-refractivity contribution in [2.75, 3.05) is 24.8 Å². The van der Waals surface area contributed by atoms with E-state index in [4.69, 9.17) is 23.2 Å². The fraction of sp³-hybridized carbons (Fsp3) is 0.538. The van der Waals surface area contributed by atoms with Crippen LogP contribution in [0.15, 0.2) is 30.3 Å². The molecular formula is C13H19Cl2N. The van der Waals surface area contributed by atoms with Crippen LogP contribution in [0.1, 0.15) is 24.9 Å². The predicted molar refractivity (Wildman–Crippen MR) is 72.5 cm³/mol. The minimum Gasteiger partial charge on any atom is -0.294 e. The summed E-state index contributed by atoms with van der Waals surface area (Å²) in [6.07, 6.45) is 1.08. The molecule has 0 N–H and O–H groups in total. The molecule has 0 fully saturated rings. The van der Waals surface area contributed by atoms with Crippen LogP contribution in [0, 0.1) is 0 Å². The molecule has 0 saturated heterocycles. The molecule has 1 aromatic carbocycles. The molecule has 0 amide bonds. The van der Waals surface area contributed by atoms with E-state index in [9.17, 15) is 0 Å². The lowest BCUT2D eigenvalue weighted by Crippen LogP contribution is -2.32. The first kappa shape index (κ1) is 13.8. The van der Waals surface area contributed by atoms with Crippen LogP contribution in [0.2, 0.25) is 0 Å². The smallest absolute Gasteiger partial charge is 0.0351 e. The zero-order valence-corrected chi connectivity index (χ0v) is 11.2. The van der Waals surface area contributed by atoms with Gasteiger partial charge < -0.3 is 0 Å². The van der Waals surface area contributed by atoms with Gasteiger partial charge in [-0.1, -0.05) is 37.3 Å². The van der Waals surface area contributed by atoms with Crippen molar-refractivity contribution in [3.05, 3.63) is 35.9 Å². The third-order valence-electron chi connectivity index (χ3n) is 2.76. The molecule has 0 aromatic heterocycles. The van der Waals surface area contributed by atoms with Gasteiger partial charge in [-0.3, -0.25) is 4.90 Å². The highest BCUT2D eigenvalue weighted by molar-refractivity contribution is 6.18. The first-order valence-corrected chi connectivity index (χ1v) is 6.81. The van der Waals surface area contributed by atoms with Crippen LogP contribution >= 0.6 is 23.2 Å². The molecule has 0 bridgehead atoms. The van der Waals surface area contributed by atoms with Crippen LogP contribution in [0.25, 0.3) is 0 Å². The van der Waals surface area contributed by atoms with Gasteiger partial charge in [0.15, 0.2) is 0 Å².